The summed E-state index contributed by atoms with van der Waals surface area (Å²) in [7, 11) is 0. The second-order valence-electron chi connectivity index (χ2n) is 5.41. The number of carboxylic acid groups (broad SMARTS) is 2. The summed E-state index contributed by atoms with van der Waals surface area (Å²) in [4.78, 5) is 18.2. The Labute approximate surface area is 154 Å². The van der Waals surface area contributed by atoms with Gasteiger partial charge in [0.15, 0.2) is 0 Å². The maximum absolute atomic E-state index is 9.10. The zero-order valence-electron chi connectivity index (χ0n) is 15.4. The molecule has 0 fully saturated rings. The molecule has 0 amide bonds. The highest BCUT2D eigenvalue weighted by Gasteiger charge is 2.09. The fraction of sp³-hybridized carbons (Fsp3) is 0.474. The Hall–Kier alpha value is -2.38. The number of benzene rings is 1. The SMILES string of the molecule is C=CCNCCOCCOc1ccccc1C(C)CC.O=C(O)C(=O)O. The Kier molecular flexibility index (Phi) is 13.6. The van der Waals surface area contributed by atoms with Crippen molar-refractivity contribution in [2.45, 2.75) is 26.2 Å². The summed E-state index contributed by atoms with van der Waals surface area (Å²) in [5, 5.41) is 18.0. The fourth-order valence-corrected chi connectivity index (χ4v) is 1.90. The Morgan fingerprint density at radius 1 is 1.19 bits per heavy atom. The van der Waals surface area contributed by atoms with E-state index in [1.54, 1.807) is 0 Å². The van der Waals surface area contributed by atoms with Crippen molar-refractivity contribution in [3.63, 3.8) is 0 Å². The highest BCUT2D eigenvalue weighted by Crippen LogP contribution is 2.28. The summed E-state index contributed by atoms with van der Waals surface area (Å²) in [5.74, 6) is -2.14. The van der Waals surface area contributed by atoms with Gasteiger partial charge in [-0.2, -0.15) is 0 Å². The monoisotopic (exact) mass is 367 g/mol. The molecule has 0 spiro atoms. The van der Waals surface area contributed by atoms with Gasteiger partial charge in [0.1, 0.15) is 12.4 Å². The molecule has 1 unspecified atom stereocenters. The lowest BCUT2D eigenvalue weighted by atomic mass is 9.98. The van der Waals surface area contributed by atoms with E-state index in [0.29, 0.717) is 25.7 Å². The molecule has 0 saturated heterocycles. The lowest BCUT2D eigenvalue weighted by Crippen LogP contribution is -2.20. The number of para-hydroxylation sites is 1. The second-order valence-corrected chi connectivity index (χ2v) is 5.41. The molecular weight excluding hydrogens is 338 g/mol. The first-order valence-corrected chi connectivity index (χ1v) is 8.51. The lowest BCUT2D eigenvalue weighted by Gasteiger charge is -2.15. The van der Waals surface area contributed by atoms with Gasteiger partial charge in [0.2, 0.25) is 0 Å². The molecule has 7 nitrogen and oxygen atoms in total. The van der Waals surface area contributed by atoms with Crippen LogP contribution in [0.4, 0.5) is 0 Å². The van der Waals surface area contributed by atoms with Crippen molar-refractivity contribution in [3.05, 3.63) is 42.5 Å². The average molecular weight is 367 g/mol. The van der Waals surface area contributed by atoms with E-state index >= 15 is 0 Å². The van der Waals surface area contributed by atoms with E-state index in [-0.39, 0.29) is 0 Å². The molecule has 0 aliphatic rings. The predicted octanol–water partition coefficient (Wildman–Crippen LogP) is 2.53. The molecule has 1 aromatic carbocycles. The van der Waals surface area contributed by atoms with Crippen LogP contribution in [0.3, 0.4) is 0 Å². The van der Waals surface area contributed by atoms with E-state index < -0.39 is 11.9 Å². The minimum Gasteiger partial charge on any atom is -0.491 e. The van der Waals surface area contributed by atoms with Crippen LogP contribution in [-0.4, -0.2) is 55.1 Å². The van der Waals surface area contributed by atoms with Crippen molar-refractivity contribution in [3.8, 4) is 5.75 Å². The zero-order chi connectivity index (χ0) is 19.8. The van der Waals surface area contributed by atoms with E-state index in [9.17, 15) is 0 Å². The number of carboxylic acids is 2. The van der Waals surface area contributed by atoms with E-state index in [1.807, 2.05) is 18.2 Å². The van der Waals surface area contributed by atoms with Crippen LogP contribution in [-0.2, 0) is 14.3 Å². The molecule has 1 atom stereocenters. The van der Waals surface area contributed by atoms with Gasteiger partial charge < -0.3 is 25.0 Å². The molecule has 26 heavy (non-hydrogen) atoms. The quantitative estimate of drug-likeness (QED) is 0.313. The molecular formula is C19H29NO6. The summed E-state index contributed by atoms with van der Waals surface area (Å²) in [6.45, 7) is 11.6. The average Bonchev–Trinajstić information content (AvgIpc) is 2.64. The van der Waals surface area contributed by atoms with Crippen molar-refractivity contribution in [1.82, 2.24) is 5.32 Å². The fourth-order valence-electron chi connectivity index (χ4n) is 1.90. The third-order valence-corrected chi connectivity index (χ3v) is 3.44. The van der Waals surface area contributed by atoms with E-state index in [4.69, 9.17) is 29.3 Å². The number of nitrogens with one attached hydrogen (secondary N) is 1. The van der Waals surface area contributed by atoms with Gasteiger partial charge in [0.25, 0.3) is 0 Å². The van der Waals surface area contributed by atoms with Gasteiger partial charge in [-0.15, -0.1) is 6.58 Å². The Balaban J connectivity index is 0.000000896. The van der Waals surface area contributed by atoms with Crippen LogP contribution in [0.2, 0.25) is 0 Å². The van der Waals surface area contributed by atoms with Gasteiger partial charge in [-0.1, -0.05) is 38.1 Å². The topological polar surface area (TPSA) is 105 Å². The summed E-state index contributed by atoms with van der Waals surface area (Å²) in [6.07, 6.45) is 2.96. The first-order chi connectivity index (χ1) is 12.4. The van der Waals surface area contributed by atoms with Gasteiger partial charge >= 0.3 is 11.9 Å². The zero-order valence-corrected chi connectivity index (χ0v) is 15.4. The third-order valence-electron chi connectivity index (χ3n) is 3.44. The summed E-state index contributed by atoms with van der Waals surface area (Å²) in [5.41, 5.74) is 1.28. The molecule has 1 aromatic rings. The molecule has 0 saturated carbocycles. The number of hydrogen-bond donors (Lipinski definition) is 3. The highest BCUT2D eigenvalue weighted by molar-refractivity contribution is 6.27. The van der Waals surface area contributed by atoms with Crippen molar-refractivity contribution in [2.24, 2.45) is 0 Å². The largest absolute Gasteiger partial charge is 0.491 e. The second kappa shape index (κ2) is 14.9. The first-order valence-electron chi connectivity index (χ1n) is 8.51. The van der Waals surface area contributed by atoms with Crippen molar-refractivity contribution in [1.29, 1.82) is 0 Å². The van der Waals surface area contributed by atoms with Crippen LogP contribution < -0.4 is 10.1 Å². The van der Waals surface area contributed by atoms with Crippen LogP contribution in [0.1, 0.15) is 31.7 Å². The van der Waals surface area contributed by atoms with Crippen molar-refractivity contribution < 1.29 is 29.3 Å². The van der Waals surface area contributed by atoms with E-state index in [0.717, 1.165) is 25.3 Å². The van der Waals surface area contributed by atoms with Crippen LogP contribution in [0.5, 0.6) is 5.75 Å². The molecule has 1 rings (SSSR count). The summed E-state index contributed by atoms with van der Waals surface area (Å²) < 4.78 is 11.3. The Morgan fingerprint density at radius 2 is 1.85 bits per heavy atom. The maximum atomic E-state index is 9.10. The lowest BCUT2D eigenvalue weighted by molar-refractivity contribution is -0.159. The molecule has 0 aliphatic carbocycles. The van der Waals surface area contributed by atoms with Gasteiger partial charge in [-0.05, 0) is 24.0 Å². The molecule has 0 aromatic heterocycles. The van der Waals surface area contributed by atoms with Crippen molar-refractivity contribution in [2.75, 3.05) is 32.9 Å². The molecule has 0 bridgehead atoms. The summed E-state index contributed by atoms with van der Waals surface area (Å²) >= 11 is 0. The molecule has 0 heterocycles. The smallest absolute Gasteiger partial charge is 0.414 e. The van der Waals surface area contributed by atoms with Crippen LogP contribution in [0.25, 0.3) is 0 Å². The normalized spacial score (nSPS) is 11.0. The number of carbonyl (C=O) groups is 2. The van der Waals surface area contributed by atoms with E-state index in [1.165, 1.54) is 5.56 Å². The molecule has 0 radical (unpaired) electrons. The number of ether oxygens (including phenoxy) is 2. The molecule has 0 aliphatic heterocycles. The molecule has 7 heteroatoms. The van der Waals surface area contributed by atoms with Gasteiger partial charge in [0.05, 0.1) is 13.2 Å². The standard InChI is InChI=1S/C17H27NO2.C2H2O4/c1-4-10-18-11-12-19-13-14-20-17-9-7-6-8-16(17)15(3)5-2;3-1(4)2(5)6/h4,6-9,15,18H,1,5,10-14H2,2-3H3;(H,3,4)(H,5,6). The van der Waals surface area contributed by atoms with E-state index in [2.05, 4.69) is 37.9 Å². The number of rotatable bonds is 11. The minimum absolute atomic E-state index is 0.523. The number of hydrogen-bond acceptors (Lipinski definition) is 5. The predicted molar refractivity (Wildman–Crippen MR) is 99.8 cm³/mol. The van der Waals surface area contributed by atoms with Crippen LogP contribution in [0.15, 0.2) is 36.9 Å². The third kappa shape index (κ3) is 11.2. The van der Waals surface area contributed by atoms with Gasteiger partial charge in [0, 0.05) is 13.1 Å². The molecule has 3 N–H and O–H groups in total. The minimum atomic E-state index is -1.82. The van der Waals surface area contributed by atoms with Crippen LogP contribution in [0, 0.1) is 0 Å². The Bertz CT molecular complexity index is 535. The molecule has 146 valence electrons. The summed E-state index contributed by atoms with van der Waals surface area (Å²) in [6, 6.07) is 8.26. The van der Waals surface area contributed by atoms with Crippen LogP contribution >= 0.6 is 0 Å². The Morgan fingerprint density at radius 3 is 2.42 bits per heavy atom. The van der Waals surface area contributed by atoms with Gasteiger partial charge in [-0.3, -0.25) is 0 Å². The number of aliphatic carboxylic acids is 2. The maximum Gasteiger partial charge on any atom is 0.414 e. The highest BCUT2D eigenvalue weighted by atomic mass is 16.5. The van der Waals surface area contributed by atoms with Gasteiger partial charge in [-0.25, -0.2) is 9.59 Å². The first kappa shape index (κ1) is 23.6. The van der Waals surface area contributed by atoms with Crippen molar-refractivity contribution >= 4 is 11.9 Å².